The van der Waals surface area contributed by atoms with E-state index in [1.807, 2.05) is 13.0 Å². The Kier molecular flexibility index (Phi) is 3.94. The molecule has 20 heavy (non-hydrogen) atoms. The Hall–Kier alpha value is -1.13. The number of hydrogen-bond acceptors (Lipinski definition) is 3. The highest BCUT2D eigenvalue weighted by atomic mass is 19.1. The minimum absolute atomic E-state index is 0.177. The molecule has 3 nitrogen and oxygen atoms in total. The number of nitrogens with zero attached hydrogens (tertiary/aromatic N) is 2. The van der Waals surface area contributed by atoms with E-state index >= 15 is 0 Å². The van der Waals surface area contributed by atoms with E-state index in [-0.39, 0.29) is 11.9 Å². The van der Waals surface area contributed by atoms with Gasteiger partial charge in [0.25, 0.3) is 0 Å². The average molecular weight is 277 g/mol. The third-order valence-corrected chi connectivity index (χ3v) is 4.66. The molecule has 2 fully saturated rings. The van der Waals surface area contributed by atoms with Crippen molar-refractivity contribution in [1.29, 1.82) is 0 Å². The molecule has 0 bridgehead atoms. The molecule has 1 aromatic rings. The van der Waals surface area contributed by atoms with Gasteiger partial charge in [-0.2, -0.15) is 0 Å². The van der Waals surface area contributed by atoms with Crippen LogP contribution in [-0.2, 0) is 0 Å². The Morgan fingerprint density at radius 1 is 1.25 bits per heavy atom. The van der Waals surface area contributed by atoms with Gasteiger partial charge in [-0.1, -0.05) is 12.5 Å². The van der Waals surface area contributed by atoms with E-state index in [1.165, 1.54) is 31.9 Å². The first-order valence-corrected chi connectivity index (χ1v) is 7.70. The fourth-order valence-corrected chi connectivity index (χ4v) is 3.63. The largest absolute Gasteiger partial charge is 0.368 e. The molecule has 2 N–H and O–H groups in total. The van der Waals surface area contributed by atoms with Crippen LogP contribution in [0.2, 0.25) is 0 Å². The highest BCUT2D eigenvalue weighted by Gasteiger charge is 2.30. The highest BCUT2D eigenvalue weighted by molar-refractivity contribution is 5.56. The van der Waals surface area contributed by atoms with Crippen LogP contribution in [0.4, 0.5) is 10.1 Å². The van der Waals surface area contributed by atoms with Crippen LogP contribution in [0.25, 0.3) is 0 Å². The van der Waals surface area contributed by atoms with Crippen LogP contribution in [0.3, 0.4) is 0 Å². The molecule has 110 valence electrons. The Bertz CT molecular complexity index is 475. The van der Waals surface area contributed by atoms with Crippen molar-refractivity contribution in [3.63, 3.8) is 0 Å². The second-order valence-electron chi connectivity index (χ2n) is 6.09. The van der Waals surface area contributed by atoms with Gasteiger partial charge in [0, 0.05) is 43.0 Å². The van der Waals surface area contributed by atoms with Crippen LogP contribution in [0, 0.1) is 5.82 Å². The molecular formula is C16H24FN3. The highest BCUT2D eigenvalue weighted by Crippen LogP contribution is 2.31. The number of halogens is 1. The minimum Gasteiger partial charge on any atom is -0.368 e. The molecule has 0 aliphatic carbocycles. The summed E-state index contributed by atoms with van der Waals surface area (Å²) in [5.74, 6) is -0.177. The maximum absolute atomic E-state index is 14.1. The van der Waals surface area contributed by atoms with Gasteiger partial charge in [-0.05, 0) is 38.4 Å². The van der Waals surface area contributed by atoms with Gasteiger partial charge in [-0.3, -0.25) is 4.90 Å². The molecule has 1 aromatic carbocycles. The molecule has 2 atom stereocenters. The number of rotatable bonds is 2. The summed E-state index contributed by atoms with van der Waals surface area (Å²) in [5, 5.41) is 0. The smallest absolute Gasteiger partial charge is 0.130 e. The Morgan fingerprint density at radius 3 is 2.90 bits per heavy atom. The number of piperidine rings is 1. The van der Waals surface area contributed by atoms with E-state index in [0.29, 0.717) is 11.6 Å². The van der Waals surface area contributed by atoms with Crippen molar-refractivity contribution in [1.82, 2.24) is 4.90 Å². The Labute approximate surface area is 120 Å². The number of hydrogen-bond donors (Lipinski definition) is 1. The molecular weight excluding hydrogens is 253 g/mol. The Balaban J connectivity index is 1.84. The van der Waals surface area contributed by atoms with Crippen molar-refractivity contribution < 1.29 is 4.39 Å². The lowest BCUT2D eigenvalue weighted by molar-refractivity contribution is 0.133. The lowest BCUT2D eigenvalue weighted by Gasteiger charge is -2.45. The summed E-state index contributed by atoms with van der Waals surface area (Å²) in [6.45, 7) is 6.14. The molecule has 0 spiro atoms. The van der Waals surface area contributed by atoms with E-state index in [1.54, 1.807) is 6.07 Å². The molecule has 2 aliphatic heterocycles. The normalized spacial score (nSPS) is 25.4. The van der Waals surface area contributed by atoms with Crippen LogP contribution < -0.4 is 10.6 Å². The number of benzene rings is 1. The Morgan fingerprint density at radius 2 is 2.10 bits per heavy atom. The summed E-state index contributed by atoms with van der Waals surface area (Å²) in [7, 11) is 0. The lowest BCUT2D eigenvalue weighted by Crippen LogP contribution is -2.55. The summed E-state index contributed by atoms with van der Waals surface area (Å²) in [6.07, 6.45) is 3.90. The van der Waals surface area contributed by atoms with Gasteiger partial charge < -0.3 is 10.6 Å². The first kappa shape index (κ1) is 13.8. The van der Waals surface area contributed by atoms with Gasteiger partial charge in [0.05, 0.1) is 0 Å². The van der Waals surface area contributed by atoms with Crippen LogP contribution in [-0.4, -0.2) is 37.1 Å². The SMILES string of the molecule is CC(N)c1c(F)cccc1N1CCN2CCCCC2C1. The van der Waals surface area contributed by atoms with Gasteiger partial charge in [-0.15, -0.1) is 0 Å². The number of nitrogens with two attached hydrogens (primary N) is 1. The summed E-state index contributed by atoms with van der Waals surface area (Å²) in [5.41, 5.74) is 7.63. The lowest BCUT2D eigenvalue weighted by atomic mass is 9.97. The molecule has 2 unspecified atom stereocenters. The van der Waals surface area contributed by atoms with Crippen molar-refractivity contribution in [3.05, 3.63) is 29.6 Å². The number of fused-ring (bicyclic) bond motifs is 1. The quantitative estimate of drug-likeness (QED) is 0.901. The fraction of sp³-hybridized carbons (Fsp3) is 0.625. The molecule has 2 aliphatic rings. The molecule has 2 heterocycles. The van der Waals surface area contributed by atoms with Crippen molar-refractivity contribution in [2.24, 2.45) is 5.73 Å². The van der Waals surface area contributed by atoms with Crippen LogP contribution >= 0.6 is 0 Å². The number of piperazine rings is 1. The molecule has 2 saturated heterocycles. The van der Waals surface area contributed by atoms with Gasteiger partial charge in [0.15, 0.2) is 0 Å². The molecule has 0 radical (unpaired) electrons. The first-order valence-electron chi connectivity index (χ1n) is 7.70. The second kappa shape index (κ2) is 5.70. The average Bonchev–Trinajstić information content (AvgIpc) is 2.46. The van der Waals surface area contributed by atoms with E-state index in [2.05, 4.69) is 9.80 Å². The van der Waals surface area contributed by atoms with Crippen molar-refractivity contribution >= 4 is 5.69 Å². The second-order valence-corrected chi connectivity index (χ2v) is 6.09. The van der Waals surface area contributed by atoms with Gasteiger partial charge in [0.1, 0.15) is 5.82 Å². The van der Waals surface area contributed by atoms with E-state index in [0.717, 1.165) is 25.3 Å². The fourth-order valence-electron chi connectivity index (χ4n) is 3.63. The van der Waals surface area contributed by atoms with Crippen LogP contribution in [0.15, 0.2) is 18.2 Å². The van der Waals surface area contributed by atoms with Crippen molar-refractivity contribution in [2.45, 2.75) is 38.3 Å². The van der Waals surface area contributed by atoms with Crippen LogP contribution in [0.1, 0.15) is 37.8 Å². The first-order chi connectivity index (χ1) is 9.66. The molecule has 0 amide bonds. The minimum atomic E-state index is -0.268. The van der Waals surface area contributed by atoms with E-state index in [9.17, 15) is 4.39 Å². The summed E-state index contributed by atoms with van der Waals surface area (Å²) in [6, 6.07) is 5.68. The maximum atomic E-state index is 14.1. The topological polar surface area (TPSA) is 32.5 Å². The molecule has 0 saturated carbocycles. The monoisotopic (exact) mass is 277 g/mol. The predicted molar refractivity (Wildman–Crippen MR) is 80.4 cm³/mol. The predicted octanol–water partition coefficient (Wildman–Crippen LogP) is 2.52. The van der Waals surface area contributed by atoms with Gasteiger partial charge in [0.2, 0.25) is 0 Å². The number of anilines is 1. The maximum Gasteiger partial charge on any atom is 0.130 e. The molecule has 4 heteroatoms. The van der Waals surface area contributed by atoms with Gasteiger partial charge >= 0.3 is 0 Å². The van der Waals surface area contributed by atoms with E-state index in [4.69, 9.17) is 5.73 Å². The zero-order valence-corrected chi connectivity index (χ0v) is 12.2. The zero-order chi connectivity index (χ0) is 14.1. The van der Waals surface area contributed by atoms with E-state index < -0.39 is 0 Å². The third kappa shape index (κ3) is 2.54. The molecule has 0 aromatic heterocycles. The standard InChI is InChI=1S/C16H24FN3/c1-12(18)16-14(17)6-4-7-15(16)20-10-9-19-8-3-2-5-13(19)11-20/h4,6-7,12-13H,2-3,5,8-11,18H2,1H3. The summed E-state index contributed by atoms with van der Waals surface area (Å²) >= 11 is 0. The van der Waals surface area contributed by atoms with Crippen LogP contribution in [0.5, 0.6) is 0 Å². The van der Waals surface area contributed by atoms with Gasteiger partial charge in [-0.25, -0.2) is 4.39 Å². The molecule has 3 rings (SSSR count). The summed E-state index contributed by atoms with van der Waals surface area (Å²) < 4.78 is 14.1. The summed E-state index contributed by atoms with van der Waals surface area (Å²) in [4.78, 5) is 4.92. The van der Waals surface area contributed by atoms with Crippen molar-refractivity contribution in [2.75, 3.05) is 31.1 Å². The third-order valence-electron chi connectivity index (χ3n) is 4.66. The zero-order valence-electron chi connectivity index (χ0n) is 12.2. The van der Waals surface area contributed by atoms with Crippen molar-refractivity contribution in [3.8, 4) is 0 Å².